The first-order valence-corrected chi connectivity index (χ1v) is 8.10. The summed E-state index contributed by atoms with van der Waals surface area (Å²) in [4.78, 5) is 24.7. The Morgan fingerprint density at radius 3 is 2.60 bits per heavy atom. The van der Waals surface area contributed by atoms with Crippen LogP contribution in [0.25, 0.3) is 0 Å². The summed E-state index contributed by atoms with van der Waals surface area (Å²) in [5.74, 6) is 1.21. The Morgan fingerprint density at radius 2 is 1.88 bits per heavy atom. The molecule has 0 fully saturated rings. The SMILES string of the molecule is COc1ccc(NC(=O)c2csc(Nc3ncccn3)n2)cc1OC. The number of nitrogens with one attached hydrogen (secondary N) is 2. The molecule has 0 atom stereocenters. The molecule has 0 aliphatic heterocycles. The van der Waals surface area contributed by atoms with Crippen molar-refractivity contribution in [1.82, 2.24) is 15.0 Å². The molecule has 128 valence electrons. The topological polar surface area (TPSA) is 98.3 Å². The molecule has 8 nitrogen and oxygen atoms in total. The second-order valence-corrected chi connectivity index (χ2v) is 5.62. The Labute approximate surface area is 147 Å². The van der Waals surface area contributed by atoms with Gasteiger partial charge in [-0.3, -0.25) is 4.79 Å². The van der Waals surface area contributed by atoms with Crippen LogP contribution in [0.2, 0.25) is 0 Å². The lowest BCUT2D eigenvalue weighted by Gasteiger charge is -2.09. The summed E-state index contributed by atoms with van der Waals surface area (Å²) in [6, 6.07) is 6.84. The second kappa shape index (κ2) is 7.58. The van der Waals surface area contributed by atoms with Crippen molar-refractivity contribution >= 4 is 34.0 Å². The standard InChI is InChI=1S/C16H15N5O3S/c1-23-12-5-4-10(8-13(12)24-2)19-14(22)11-9-25-16(20-11)21-15-17-6-3-7-18-15/h3-9H,1-2H3,(H,19,22)(H,17,18,20,21). The number of carbonyl (C=O) groups excluding carboxylic acids is 1. The molecule has 1 amide bonds. The van der Waals surface area contributed by atoms with Crippen LogP contribution in [-0.2, 0) is 0 Å². The van der Waals surface area contributed by atoms with Crippen LogP contribution < -0.4 is 20.1 Å². The van der Waals surface area contributed by atoms with E-state index in [0.717, 1.165) is 0 Å². The highest BCUT2D eigenvalue weighted by atomic mass is 32.1. The molecule has 0 aliphatic carbocycles. The predicted octanol–water partition coefficient (Wildman–Crippen LogP) is 2.95. The largest absolute Gasteiger partial charge is 0.493 e. The van der Waals surface area contributed by atoms with Gasteiger partial charge in [0.1, 0.15) is 5.69 Å². The molecule has 0 aliphatic rings. The fraction of sp³-hybridized carbons (Fsp3) is 0.125. The molecule has 9 heteroatoms. The fourth-order valence-electron chi connectivity index (χ4n) is 2.00. The number of methoxy groups -OCH3 is 2. The molecule has 0 saturated heterocycles. The quantitative estimate of drug-likeness (QED) is 0.700. The van der Waals surface area contributed by atoms with Crippen LogP contribution in [0.4, 0.5) is 16.8 Å². The third kappa shape index (κ3) is 4.01. The van der Waals surface area contributed by atoms with Crippen molar-refractivity contribution in [1.29, 1.82) is 0 Å². The van der Waals surface area contributed by atoms with E-state index >= 15 is 0 Å². The van der Waals surface area contributed by atoms with Gasteiger partial charge in [0.25, 0.3) is 5.91 Å². The number of anilines is 3. The van der Waals surface area contributed by atoms with Crippen molar-refractivity contribution in [2.75, 3.05) is 24.9 Å². The van der Waals surface area contributed by atoms with E-state index in [2.05, 4.69) is 25.6 Å². The molecule has 2 heterocycles. The fourth-order valence-corrected chi connectivity index (χ4v) is 2.69. The molecule has 0 bridgehead atoms. The van der Waals surface area contributed by atoms with Gasteiger partial charge in [-0.1, -0.05) is 0 Å². The summed E-state index contributed by atoms with van der Waals surface area (Å²) in [5, 5.41) is 7.90. The Hall–Kier alpha value is -3.20. The van der Waals surface area contributed by atoms with Crippen molar-refractivity contribution in [3.05, 3.63) is 47.7 Å². The van der Waals surface area contributed by atoms with Crippen molar-refractivity contribution in [2.24, 2.45) is 0 Å². The molecule has 2 aromatic heterocycles. The van der Waals surface area contributed by atoms with E-state index in [9.17, 15) is 4.79 Å². The van der Waals surface area contributed by atoms with E-state index in [1.165, 1.54) is 18.4 Å². The molecular formula is C16H15N5O3S. The van der Waals surface area contributed by atoms with E-state index < -0.39 is 0 Å². The molecule has 3 aromatic rings. The van der Waals surface area contributed by atoms with Crippen LogP contribution in [0.3, 0.4) is 0 Å². The highest BCUT2D eigenvalue weighted by molar-refractivity contribution is 7.14. The number of thiazole rings is 1. The van der Waals surface area contributed by atoms with Gasteiger partial charge in [-0.15, -0.1) is 11.3 Å². The van der Waals surface area contributed by atoms with Crippen molar-refractivity contribution in [2.45, 2.75) is 0 Å². The molecule has 25 heavy (non-hydrogen) atoms. The lowest BCUT2D eigenvalue weighted by Crippen LogP contribution is -2.12. The lowest BCUT2D eigenvalue weighted by atomic mass is 10.2. The number of amides is 1. The maximum Gasteiger partial charge on any atom is 0.275 e. The second-order valence-electron chi connectivity index (χ2n) is 4.76. The van der Waals surface area contributed by atoms with Crippen LogP contribution in [0.1, 0.15) is 10.5 Å². The number of benzene rings is 1. The van der Waals surface area contributed by atoms with Crippen LogP contribution in [-0.4, -0.2) is 35.1 Å². The maximum atomic E-state index is 12.3. The van der Waals surface area contributed by atoms with E-state index in [-0.39, 0.29) is 5.91 Å². The molecule has 0 unspecified atom stereocenters. The van der Waals surface area contributed by atoms with Gasteiger partial charge < -0.3 is 20.1 Å². The number of ether oxygens (including phenoxy) is 2. The van der Waals surface area contributed by atoms with Crippen molar-refractivity contribution < 1.29 is 14.3 Å². The summed E-state index contributed by atoms with van der Waals surface area (Å²) in [5.41, 5.74) is 0.870. The van der Waals surface area contributed by atoms with Gasteiger partial charge in [0, 0.05) is 29.5 Å². The first-order chi connectivity index (χ1) is 12.2. The normalized spacial score (nSPS) is 10.2. The molecule has 2 N–H and O–H groups in total. The monoisotopic (exact) mass is 357 g/mol. The molecule has 0 saturated carbocycles. The third-order valence-electron chi connectivity index (χ3n) is 3.16. The zero-order chi connectivity index (χ0) is 17.6. The van der Waals surface area contributed by atoms with Gasteiger partial charge in [-0.2, -0.15) is 0 Å². The number of aromatic nitrogens is 3. The first-order valence-electron chi connectivity index (χ1n) is 7.22. The van der Waals surface area contributed by atoms with Gasteiger partial charge in [-0.05, 0) is 18.2 Å². The van der Waals surface area contributed by atoms with Gasteiger partial charge in [-0.25, -0.2) is 15.0 Å². The zero-order valence-electron chi connectivity index (χ0n) is 13.5. The Balaban J connectivity index is 1.70. The van der Waals surface area contributed by atoms with Gasteiger partial charge in [0.05, 0.1) is 14.2 Å². The minimum absolute atomic E-state index is 0.290. The summed E-state index contributed by atoms with van der Waals surface area (Å²) in [6.07, 6.45) is 3.24. The maximum absolute atomic E-state index is 12.3. The zero-order valence-corrected chi connectivity index (χ0v) is 14.3. The molecular weight excluding hydrogens is 342 g/mol. The Morgan fingerprint density at radius 1 is 1.12 bits per heavy atom. The van der Waals surface area contributed by atoms with E-state index in [1.807, 2.05) is 0 Å². The van der Waals surface area contributed by atoms with Gasteiger partial charge in [0.2, 0.25) is 5.95 Å². The van der Waals surface area contributed by atoms with Gasteiger partial charge >= 0.3 is 0 Å². The van der Waals surface area contributed by atoms with E-state index in [1.54, 1.807) is 49.1 Å². The first kappa shape index (κ1) is 16.7. The summed E-state index contributed by atoms with van der Waals surface area (Å²) < 4.78 is 10.4. The summed E-state index contributed by atoms with van der Waals surface area (Å²) in [7, 11) is 3.09. The number of rotatable bonds is 6. The minimum Gasteiger partial charge on any atom is -0.493 e. The van der Waals surface area contributed by atoms with Crippen LogP contribution >= 0.6 is 11.3 Å². The number of hydrogen-bond acceptors (Lipinski definition) is 8. The Bertz CT molecular complexity index is 869. The smallest absolute Gasteiger partial charge is 0.275 e. The average Bonchev–Trinajstić information content (AvgIpc) is 3.11. The number of carbonyl (C=O) groups is 1. The minimum atomic E-state index is -0.328. The van der Waals surface area contributed by atoms with Crippen LogP contribution in [0.5, 0.6) is 11.5 Å². The van der Waals surface area contributed by atoms with E-state index in [0.29, 0.717) is 34.0 Å². The highest BCUT2D eigenvalue weighted by Gasteiger charge is 2.13. The van der Waals surface area contributed by atoms with E-state index in [4.69, 9.17) is 9.47 Å². The van der Waals surface area contributed by atoms with Crippen LogP contribution in [0.15, 0.2) is 42.0 Å². The number of nitrogens with zero attached hydrogens (tertiary/aromatic N) is 3. The predicted molar refractivity (Wildman–Crippen MR) is 94.9 cm³/mol. The number of hydrogen-bond donors (Lipinski definition) is 2. The average molecular weight is 357 g/mol. The molecule has 0 spiro atoms. The molecule has 0 radical (unpaired) electrons. The van der Waals surface area contributed by atoms with Crippen LogP contribution in [0, 0.1) is 0 Å². The van der Waals surface area contributed by atoms with Crippen molar-refractivity contribution in [3.8, 4) is 11.5 Å². The highest BCUT2D eigenvalue weighted by Crippen LogP contribution is 2.30. The third-order valence-corrected chi connectivity index (χ3v) is 3.92. The lowest BCUT2D eigenvalue weighted by molar-refractivity contribution is 0.102. The van der Waals surface area contributed by atoms with Crippen molar-refractivity contribution in [3.63, 3.8) is 0 Å². The summed E-state index contributed by atoms with van der Waals surface area (Å²) >= 11 is 1.29. The summed E-state index contributed by atoms with van der Waals surface area (Å²) in [6.45, 7) is 0. The van der Waals surface area contributed by atoms with Gasteiger partial charge in [0.15, 0.2) is 16.6 Å². The molecule has 3 rings (SSSR count). The Kier molecular flexibility index (Phi) is 5.05. The molecule has 1 aromatic carbocycles.